The van der Waals surface area contributed by atoms with Gasteiger partial charge in [0.15, 0.2) is 5.96 Å². The van der Waals surface area contributed by atoms with Crippen LogP contribution in [0.15, 0.2) is 4.99 Å². The molecule has 2 N–H and O–H groups in total. The summed E-state index contributed by atoms with van der Waals surface area (Å²) in [4.78, 5) is 18.7. The molecular weight excluding hydrogens is 451 g/mol. The Morgan fingerprint density at radius 1 is 1.36 bits per heavy atom. The summed E-state index contributed by atoms with van der Waals surface area (Å²) in [5.41, 5.74) is -0.443. The third-order valence-electron chi connectivity index (χ3n) is 3.62. The van der Waals surface area contributed by atoms with Crippen molar-refractivity contribution >= 4 is 47.8 Å². The van der Waals surface area contributed by atoms with Crippen LogP contribution in [0.3, 0.4) is 0 Å². The molecule has 1 atom stereocenters. The second kappa shape index (κ2) is 12.9. The SMILES string of the molecule is CCNC(=NCC1CCCN(C(=O)OC(C)(C)C)C1)NCCSC.I. The number of likely N-dealkylation sites (tertiary alicyclic amines) is 1. The molecule has 0 aliphatic carbocycles. The van der Waals surface area contributed by atoms with Crippen LogP contribution in [0.5, 0.6) is 0 Å². The number of nitrogens with one attached hydrogen (secondary N) is 2. The summed E-state index contributed by atoms with van der Waals surface area (Å²) in [6.07, 6.45) is 4.00. The minimum atomic E-state index is -0.443. The molecule has 1 heterocycles. The van der Waals surface area contributed by atoms with Gasteiger partial charge in [-0.1, -0.05) is 0 Å². The number of carbonyl (C=O) groups excluding carboxylic acids is 1. The van der Waals surface area contributed by atoms with Gasteiger partial charge in [-0.15, -0.1) is 24.0 Å². The molecule has 0 aromatic heterocycles. The van der Waals surface area contributed by atoms with E-state index in [9.17, 15) is 4.79 Å². The third-order valence-corrected chi connectivity index (χ3v) is 4.23. The number of hydrogen-bond acceptors (Lipinski definition) is 4. The Kier molecular flexibility index (Phi) is 12.7. The number of aliphatic imine (C=N–C) groups is 1. The standard InChI is InChI=1S/C17H34N4O2S.HI/c1-6-18-15(19-9-11-24-5)20-12-14-8-7-10-21(13-14)16(22)23-17(2,3)4;/h14H,6-13H2,1-5H3,(H2,18,19,20);1H. The lowest BCUT2D eigenvalue weighted by atomic mass is 9.98. The molecule has 8 heteroatoms. The lowest BCUT2D eigenvalue weighted by Crippen LogP contribution is -2.44. The van der Waals surface area contributed by atoms with Gasteiger partial charge in [0, 0.05) is 38.5 Å². The van der Waals surface area contributed by atoms with Gasteiger partial charge in [0.2, 0.25) is 0 Å². The van der Waals surface area contributed by atoms with Crippen molar-refractivity contribution in [3.8, 4) is 0 Å². The zero-order chi connectivity index (χ0) is 18.0. The minimum absolute atomic E-state index is 0. The quantitative estimate of drug-likeness (QED) is 0.261. The van der Waals surface area contributed by atoms with Crippen molar-refractivity contribution in [3.63, 3.8) is 0 Å². The van der Waals surface area contributed by atoms with Gasteiger partial charge in [0.05, 0.1) is 0 Å². The van der Waals surface area contributed by atoms with Gasteiger partial charge < -0.3 is 20.3 Å². The minimum Gasteiger partial charge on any atom is -0.444 e. The number of amides is 1. The molecule has 6 nitrogen and oxygen atoms in total. The highest BCUT2D eigenvalue weighted by Gasteiger charge is 2.27. The summed E-state index contributed by atoms with van der Waals surface area (Å²) in [5, 5.41) is 6.61. The first-order valence-electron chi connectivity index (χ1n) is 8.84. The van der Waals surface area contributed by atoms with Crippen molar-refractivity contribution in [2.75, 3.05) is 44.7 Å². The van der Waals surface area contributed by atoms with Crippen molar-refractivity contribution in [1.29, 1.82) is 0 Å². The van der Waals surface area contributed by atoms with Crippen LogP contribution in [-0.4, -0.2) is 67.3 Å². The second-order valence-electron chi connectivity index (χ2n) is 7.07. The highest BCUT2D eigenvalue weighted by atomic mass is 127. The van der Waals surface area contributed by atoms with E-state index in [-0.39, 0.29) is 30.1 Å². The Balaban J connectivity index is 0.00000576. The Morgan fingerprint density at radius 3 is 2.68 bits per heavy atom. The normalized spacial score (nSPS) is 18.4. The second-order valence-corrected chi connectivity index (χ2v) is 8.06. The molecule has 0 radical (unpaired) electrons. The molecule has 148 valence electrons. The van der Waals surface area contributed by atoms with Crippen LogP contribution in [0.4, 0.5) is 4.79 Å². The van der Waals surface area contributed by atoms with Crippen molar-refractivity contribution in [2.45, 2.75) is 46.1 Å². The molecule has 0 aromatic carbocycles. The van der Waals surface area contributed by atoms with Gasteiger partial charge in [0.1, 0.15) is 5.60 Å². The van der Waals surface area contributed by atoms with E-state index in [1.165, 1.54) is 0 Å². The Bertz CT molecular complexity index is 416. The number of hydrogen-bond donors (Lipinski definition) is 2. The first kappa shape index (κ1) is 24.6. The Hall–Kier alpha value is -0.380. The average Bonchev–Trinajstić information content (AvgIpc) is 2.51. The fourth-order valence-corrected chi connectivity index (χ4v) is 2.85. The molecule has 1 aliphatic rings. The molecule has 0 aromatic rings. The molecule has 0 bridgehead atoms. The number of halogens is 1. The average molecular weight is 486 g/mol. The van der Waals surface area contributed by atoms with Gasteiger partial charge >= 0.3 is 6.09 Å². The summed E-state index contributed by atoms with van der Waals surface area (Å²) in [6, 6.07) is 0. The molecular formula is C17H35IN4O2S. The lowest BCUT2D eigenvalue weighted by molar-refractivity contribution is 0.0170. The summed E-state index contributed by atoms with van der Waals surface area (Å²) in [5.74, 6) is 2.31. The van der Waals surface area contributed by atoms with E-state index in [4.69, 9.17) is 4.74 Å². The van der Waals surface area contributed by atoms with E-state index >= 15 is 0 Å². The number of ether oxygens (including phenoxy) is 1. The fraction of sp³-hybridized carbons (Fsp3) is 0.882. The largest absolute Gasteiger partial charge is 0.444 e. The molecule has 1 rings (SSSR count). The van der Waals surface area contributed by atoms with Crippen LogP contribution in [0.25, 0.3) is 0 Å². The predicted molar refractivity (Wildman–Crippen MR) is 118 cm³/mol. The fourth-order valence-electron chi connectivity index (χ4n) is 2.54. The number of piperidine rings is 1. The van der Waals surface area contributed by atoms with Gasteiger partial charge in [-0.25, -0.2) is 4.79 Å². The maximum absolute atomic E-state index is 12.2. The lowest BCUT2D eigenvalue weighted by Gasteiger charge is -2.33. The van der Waals surface area contributed by atoms with E-state index in [2.05, 4.69) is 28.8 Å². The molecule has 0 spiro atoms. The highest BCUT2D eigenvalue weighted by molar-refractivity contribution is 14.0. The van der Waals surface area contributed by atoms with Crippen LogP contribution in [0, 0.1) is 5.92 Å². The van der Waals surface area contributed by atoms with E-state index in [0.717, 1.165) is 57.3 Å². The van der Waals surface area contributed by atoms with Crippen molar-refractivity contribution in [1.82, 2.24) is 15.5 Å². The first-order valence-corrected chi connectivity index (χ1v) is 10.2. The molecule has 25 heavy (non-hydrogen) atoms. The molecule has 1 saturated heterocycles. The maximum Gasteiger partial charge on any atom is 0.410 e. The van der Waals surface area contributed by atoms with Crippen molar-refractivity contribution < 1.29 is 9.53 Å². The van der Waals surface area contributed by atoms with Crippen LogP contribution in [-0.2, 0) is 4.74 Å². The van der Waals surface area contributed by atoms with Crippen molar-refractivity contribution in [2.24, 2.45) is 10.9 Å². The van der Waals surface area contributed by atoms with E-state index in [1.807, 2.05) is 37.4 Å². The van der Waals surface area contributed by atoms with Gasteiger partial charge in [-0.3, -0.25) is 4.99 Å². The number of thioether (sulfide) groups is 1. The Morgan fingerprint density at radius 2 is 2.08 bits per heavy atom. The number of rotatable bonds is 6. The molecule has 1 unspecified atom stereocenters. The molecule has 0 saturated carbocycles. The van der Waals surface area contributed by atoms with Crippen LogP contribution < -0.4 is 10.6 Å². The summed E-state index contributed by atoms with van der Waals surface area (Å²) >= 11 is 1.81. The maximum atomic E-state index is 12.2. The van der Waals surface area contributed by atoms with E-state index in [1.54, 1.807) is 0 Å². The first-order chi connectivity index (χ1) is 11.4. The van der Waals surface area contributed by atoms with Gasteiger partial charge in [-0.05, 0) is 52.7 Å². The summed E-state index contributed by atoms with van der Waals surface area (Å²) in [7, 11) is 0. The molecule has 1 amide bonds. The number of nitrogens with zero attached hydrogens (tertiary/aromatic N) is 2. The third kappa shape index (κ3) is 11.0. The molecule has 1 fully saturated rings. The number of carbonyl (C=O) groups is 1. The smallest absolute Gasteiger partial charge is 0.410 e. The monoisotopic (exact) mass is 486 g/mol. The van der Waals surface area contributed by atoms with Gasteiger partial charge in [0.25, 0.3) is 0 Å². The van der Waals surface area contributed by atoms with Crippen LogP contribution >= 0.6 is 35.7 Å². The predicted octanol–water partition coefficient (Wildman–Crippen LogP) is 3.17. The van der Waals surface area contributed by atoms with E-state index < -0.39 is 5.60 Å². The van der Waals surface area contributed by atoms with Crippen molar-refractivity contribution in [3.05, 3.63) is 0 Å². The zero-order valence-electron chi connectivity index (χ0n) is 16.3. The van der Waals surface area contributed by atoms with E-state index in [0.29, 0.717) is 5.92 Å². The summed E-state index contributed by atoms with van der Waals surface area (Å²) in [6.45, 7) is 11.8. The molecule has 1 aliphatic heterocycles. The summed E-state index contributed by atoms with van der Waals surface area (Å²) < 4.78 is 5.48. The van der Waals surface area contributed by atoms with Gasteiger partial charge in [-0.2, -0.15) is 11.8 Å². The van der Waals surface area contributed by atoms with Crippen LogP contribution in [0.1, 0.15) is 40.5 Å². The topological polar surface area (TPSA) is 66.0 Å². The highest BCUT2D eigenvalue weighted by Crippen LogP contribution is 2.19. The zero-order valence-corrected chi connectivity index (χ0v) is 19.4. The van der Waals surface area contributed by atoms with Crippen LogP contribution in [0.2, 0.25) is 0 Å². The Labute approximate surface area is 174 Å². The number of guanidine groups is 1.